The van der Waals surface area contributed by atoms with Gasteiger partial charge in [0.05, 0.1) is 12.7 Å². The Balaban J connectivity index is 4.03. The molecule has 0 aliphatic carbocycles. The van der Waals surface area contributed by atoms with Crippen LogP contribution in [0, 0.1) is 0 Å². The summed E-state index contributed by atoms with van der Waals surface area (Å²) in [6.07, 6.45) is 1.81. The summed E-state index contributed by atoms with van der Waals surface area (Å²) < 4.78 is 0. The van der Waals surface area contributed by atoms with Gasteiger partial charge in [0.25, 0.3) is 0 Å². The van der Waals surface area contributed by atoms with E-state index >= 15 is 0 Å². The van der Waals surface area contributed by atoms with Gasteiger partial charge in [-0.2, -0.15) is 0 Å². The van der Waals surface area contributed by atoms with E-state index in [9.17, 15) is 0 Å². The van der Waals surface area contributed by atoms with E-state index in [1.807, 2.05) is 0 Å². The fraction of sp³-hybridized carbons (Fsp3) is 0.500. The van der Waals surface area contributed by atoms with Crippen LogP contribution in [0.25, 0.3) is 0 Å². The van der Waals surface area contributed by atoms with Crippen LogP contribution in [-0.2, 0) is 0 Å². The average molecular weight is 158 g/mol. The lowest BCUT2D eigenvalue weighted by Gasteiger charge is -1.98. The van der Waals surface area contributed by atoms with Gasteiger partial charge in [0.2, 0.25) is 0 Å². The molecule has 0 radical (unpaired) electrons. The Labute approximate surface area is 66.3 Å². The third-order valence-electron chi connectivity index (χ3n) is 1.18. The van der Waals surface area contributed by atoms with Gasteiger partial charge in [0.15, 0.2) is 0 Å². The van der Waals surface area contributed by atoms with Crippen LogP contribution in [0.2, 0.25) is 0 Å². The lowest BCUT2D eigenvalue weighted by Crippen LogP contribution is -2.07. The Morgan fingerprint density at radius 3 is 2.36 bits per heavy atom. The van der Waals surface area contributed by atoms with E-state index in [0.717, 1.165) is 5.57 Å². The molecule has 64 valence electrons. The Hall–Kier alpha value is -0.800. The monoisotopic (exact) mass is 158 g/mol. The zero-order valence-electron chi connectivity index (χ0n) is 6.78. The minimum Gasteiger partial charge on any atom is -0.508 e. The van der Waals surface area contributed by atoms with E-state index in [0.29, 0.717) is 0 Å². The maximum absolute atomic E-state index is 9.07. The lowest BCUT2D eigenvalue weighted by molar-refractivity contribution is 0.131. The molecular weight excluding hydrogens is 144 g/mol. The van der Waals surface area contributed by atoms with Crippen molar-refractivity contribution in [1.29, 1.82) is 0 Å². The van der Waals surface area contributed by atoms with Crippen molar-refractivity contribution in [3.63, 3.8) is 0 Å². The first-order valence-corrected chi connectivity index (χ1v) is 3.41. The van der Waals surface area contributed by atoms with Crippen molar-refractivity contribution in [2.75, 3.05) is 6.61 Å². The molecule has 0 aromatic heterocycles. The van der Waals surface area contributed by atoms with Gasteiger partial charge in [-0.05, 0) is 25.5 Å². The number of rotatable bonds is 3. The number of aliphatic hydroxyl groups is 3. The Morgan fingerprint density at radius 1 is 1.45 bits per heavy atom. The van der Waals surface area contributed by atoms with Crippen molar-refractivity contribution in [1.82, 2.24) is 0 Å². The molecular formula is C8H14O3. The number of aliphatic hydroxyl groups excluding tert-OH is 3. The summed E-state index contributed by atoms with van der Waals surface area (Å²) in [4.78, 5) is 0. The highest BCUT2D eigenvalue weighted by Crippen LogP contribution is 2.00. The zero-order chi connectivity index (χ0) is 8.85. The molecule has 0 aromatic rings. The van der Waals surface area contributed by atoms with E-state index in [1.54, 1.807) is 13.8 Å². The predicted octanol–water partition coefficient (Wildman–Crippen LogP) is 0.748. The van der Waals surface area contributed by atoms with Crippen molar-refractivity contribution in [3.8, 4) is 0 Å². The maximum Gasteiger partial charge on any atom is 0.113 e. The second-order valence-electron chi connectivity index (χ2n) is 2.49. The molecule has 0 saturated carbocycles. The first-order valence-electron chi connectivity index (χ1n) is 3.41. The third kappa shape index (κ3) is 4.58. The van der Waals surface area contributed by atoms with E-state index in [4.69, 9.17) is 15.3 Å². The fourth-order valence-electron chi connectivity index (χ4n) is 0.430. The van der Waals surface area contributed by atoms with Crippen molar-refractivity contribution < 1.29 is 15.3 Å². The van der Waals surface area contributed by atoms with Gasteiger partial charge in [0, 0.05) is 0 Å². The van der Waals surface area contributed by atoms with Gasteiger partial charge in [-0.1, -0.05) is 6.08 Å². The molecule has 3 N–H and O–H groups in total. The minimum absolute atomic E-state index is 0.123. The summed E-state index contributed by atoms with van der Waals surface area (Å²) in [6.45, 7) is 3.18. The number of hydrogen-bond donors (Lipinski definition) is 3. The normalized spacial score (nSPS) is 13.5. The Bertz CT molecular complexity index is 166. The standard InChI is InChI=1S/C8H14O3/c1-6(2)8(11)4-3-7(10)5-9/h3-4,7,9-11H,5H2,1-2H3/b4-3+. The van der Waals surface area contributed by atoms with Crippen molar-refractivity contribution in [3.05, 3.63) is 23.5 Å². The van der Waals surface area contributed by atoms with Crippen molar-refractivity contribution >= 4 is 0 Å². The summed E-state index contributed by atoms with van der Waals surface area (Å²) in [7, 11) is 0. The Kier molecular flexibility index (Phi) is 4.57. The van der Waals surface area contributed by atoms with Gasteiger partial charge in [0.1, 0.15) is 5.76 Å². The lowest BCUT2D eigenvalue weighted by atomic mass is 10.2. The minimum atomic E-state index is -0.892. The molecule has 3 nitrogen and oxygen atoms in total. The molecule has 3 heteroatoms. The van der Waals surface area contributed by atoms with E-state index in [1.165, 1.54) is 12.2 Å². The Morgan fingerprint density at radius 2 is 2.00 bits per heavy atom. The summed E-state index contributed by atoms with van der Waals surface area (Å²) >= 11 is 0. The number of allylic oxidation sites excluding steroid dienone is 2. The first kappa shape index (κ1) is 10.2. The molecule has 0 aliphatic heterocycles. The smallest absolute Gasteiger partial charge is 0.113 e. The third-order valence-corrected chi connectivity index (χ3v) is 1.18. The highest BCUT2D eigenvalue weighted by molar-refractivity contribution is 5.16. The maximum atomic E-state index is 9.07. The van der Waals surface area contributed by atoms with Gasteiger partial charge >= 0.3 is 0 Å². The molecule has 0 fully saturated rings. The van der Waals surface area contributed by atoms with Gasteiger partial charge in [-0.25, -0.2) is 0 Å². The largest absolute Gasteiger partial charge is 0.508 e. The second-order valence-corrected chi connectivity index (χ2v) is 2.49. The van der Waals surface area contributed by atoms with Crippen LogP contribution in [-0.4, -0.2) is 28.0 Å². The van der Waals surface area contributed by atoms with Crippen LogP contribution in [0.5, 0.6) is 0 Å². The quantitative estimate of drug-likeness (QED) is 0.419. The SMILES string of the molecule is CC(C)=C(O)/C=C/C(O)CO. The summed E-state index contributed by atoms with van der Waals surface area (Å²) in [5, 5.41) is 26.3. The van der Waals surface area contributed by atoms with Crippen molar-refractivity contribution in [2.24, 2.45) is 0 Å². The molecule has 0 amide bonds. The predicted molar refractivity (Wildman–Crippen MR) is 43.2 cm³/mol. The molecule has 0 aliphatic rings. The van der Waals surface area contributed by atoms with Crippen LogP contribution in [0.15, 0.2) is 23.5 Å². The van der Waals surface area contributed by atoms with Gasteiger partial charge in [-0.3, -0.25) is 0 Å². The van der Waals surface area contributed by atoms with Gasteiger partial charge in [-0.15, -0.1) is 0 Å². The zero-order valence-corrected chi connectivity index (χ0v) is 6.78. The van der Waals surface area contributed by atoms with Crippen LogP contribution >= 0.6 is 0 Å². The van der Waals surface area contributed by atoms with Crippen LogP contribution in [0.1, 0.15) is 13.8 Å². The van der Waals surface area contributed by atoms with Gasteiger partial charge < -0.3 is 15.3 Å². The molecule has 1 atom stereocenters. The average Bonchev–Trinajstić information content (AvgIpc) is 1.99. The first-order chi connectivity index (χ1) is 5.07. The summed E-state index contributed by atoms with van der Waals surface area (Å²) in [6, 6.07) is 0. The van der Waals surface area contributed by atoms with Crippen LogP contribution in [0.4, 0.5) is 0 Å². The van der Waals surface area contributed by atoms with E-state index < -0.39 is 6.10 Å². The van der Waals surface area contributed by atoms with Crippen LogP contribution < -0.4 is 0 Å². The molecule has 0 bridgehead atoms. The molecule has 11 heavy (non-hydrogen) atoms. The highest BCUT2D eigenvalue weighted by atomic mass is 16.3. The summed E-state index contributed by atoms with van der Waals surface area (Å²) in [5.41, 5.74) is 0.770. The molecule has 1 unspecified atom stereocenters. The van der Waals surface area contributed by atoms with Crippen LogP contribution in [0.3, 0.4) is 0 Å². The highest BCUT2D eigenvalue weighted by Gasteiger charge is 1.94. The second kappa shape index (κ2) is 4.93. The van der Waals surface area contributed by atoms with Crippen molar-refractivity contribution in [2.45, 2.75) is 20.0 Å². The molecule has 0 spiro atoms. The molecule has 0 aromatic carbocycles. The number of hydrogen-bond acceptors (Lipinski definition) is 3. The van der Waals surface area contributed by atoms with E-state index in [-0.39, 0.29) is 12.4 Å². The van der Waals surface area contributed by atoms with E-state index in [2.05, 4.69) is 0 Å². The molecule has 0 heterocycles. The fourth-order valence-corrected chi connectivity index (χ4v) is 0.430. The molecule has 0 saturated heterocycles. The summed E-state index contributed by atoms with van der Waals surface area (Å²) in [5.74, 6) is 0.123. The molecule has 0 rings (SSSR count). The topological polar surface area (TPSA) is 60.7 Å².